The maximum absolute atomic E-state index is 13.4. The standard InChI is InChI=1S/C24H26ClN5O4/c1-24(2,3)34-22(31)17-14-11-13(32-4)8-9-15(14)27-18(17)19-20-21(29-23(25)28-19)30(12-26-20)16-7-5-6-10-33-16/h8-9,11-12,16,27H,5-7,10H2,1-4H3. The molecule has 1 aliphatic heterocycles. The summed E-state index contributed by atoms with van der Waals surface area (Å²) in [5.74, 6) is 0.132. The number of imidazole rings is 1. The van der Waals surface area contributed by atoms with Crippen LogP contribution in [0.5, 0.6) is 5.75 Å². The Morgan fingerprint density at radius 1 is 1.26 bits per heavy atom. The summed E-state index contributed by atoms with van der Waals surface area (Å²) in [5.41, 5.74) is 2.32. The maximum Gasteiger partial charge on any atom is 0.341 e. The van der Waals surface area contributed by atoms with Gasteiger partial charge in [-0.1, -0.05) is 0 Å². The number of rotatable bonds is 4. The van der Waals surface area contributed by atoms with Crippen LogP contribution in [-0.4, -0.2) is 49.8 Å². The van der Waals surface area contributed by atoms with Gasteiger partial charge in [0.2, 0.25) is 5.28 Å². The number of hydrogen-bond donors (Lipinski definition) is 1. The number of methoxy groups -OCH3 is 1. The summed E-state index contributed by atoms with van der Waals surface area (Å²) in [6.07, 6.45) is 4.46. The third-order valence-corrected chi connectivity index (χ3v) is 5.87. The smallest absolute Gasteiger partial charge is 0.341 e. The van der Waals surface area contributed by atoms with Crippen LogP contribution in [0.25, 0.3) is 33.5 Å². The van der Waals surface area contributed by atoms with Gasteiger partial charge < -0.3 is 19.2 Å². The molecule has 0 spiro atoms. The molecule has 34 heavy (non-hydrogen) atoms. The van der Waals surface area contributed by atoms with Crippen molar-refractivity contribution in [3.63, 3.8) is 0 Å². The number of halogens is 1. The Morgan fingerprint density at radius 3 is 2.79 bits per heavy atom. The number of nitrogens with zero attached hydrogens (tertiary/aromatic N) is 4. The van der Waals surface area contributed by atoms with Crippen LogP contribution in [0.3, 0.4) is 0 Å². The molecule has 1 fully saturated rings. The van der Waals surface area contributed by atoms with Crippen LogP contribution in [0.2, 0.25) is 5.28 Å². The van der Waals surface area contributed by atoms with E-state index in [1.165, 1.54) is 0 Å². The minimum Gasteiger partial charge on any atom is -0.497 e. The number of ether oxygens (including phenoxy) is 3. The van der Waals surface area contributed by atoms with Gasteiger partial charge in [0.25, 0.3) is 0 Å². The second-order valence-corrected chi connectivity index (χ2v) is 9.61. The number of aromatic amines is 1. The molecule has 1 N–H and O–H groups in total. The first-order chi connectivity index (χ1) is 16.2. The van der Waals surface area contributed by atoms with Crippen LogP contribution < -0.4 is 4.74 Å². The molecular weight excluding hydrogens is 458 g/mol. The second-order valence-electron chi connectivity index (χ2n) is 9.27. The van der Waals surface area contributed by atoms with Crippen LogP contribution in [-0.2, 0) is 9.47 Å². The van der Waals surface area contributed by atoms with Gasteiger partial charge in [-0.15, -0.1) is 0 Å². The van der Waals surface area contributed by atoms with E-state index < -0.39 is 11.6 Å². The number of aromatic nitrogens is 5. The Morgan fingerprint density at radius 2 is 2.09 bits per heavy atom. The number of nitrogens with one attached hydrogen (secondary N) is 1. The molecule has 0 aliphatic carbocycles. The van der Waals surface area contributed by atoms with Crippen LogP contribution in [0.1, 0.15) is 56.6 Å². The van der Waals surface area contributed by atoms with Gasteiger partial charge in [0.1, 0.15) is 28.8 Å². The van der Waals surface area contributed by atoms with E-state index in [-0.39, 0.29) is 11.5 Å². The highest BCUT2D eigenvalue weighted by Crippen LogP contribution is 2.37. The van der Waals surface area contributed by atoms with Gasteiger partial charge >= 0.3 is 5.97 Å². The summed E-state index contributed by atoms with van der Waals surface area (Å²) >= 11 is 6.37. The van der Waals surface area contributed by atoms with Gasteiger partial charge in [-0.25, -0.2) is 14.8 Å². The summed E-state index contributed by atoms with van der Waals surface area (Å²) in [6.45, 7) is 6.16. The van der Waals surface area contributed by atoms with Gasteiger partial charge in [0.15, 0.2) is 5.65 Å². The van der Waals surface area contributed by atoms with Crippen LogP contribution >= 0.6 is 11.6 Å². The lowest BCUT2D eigenvalue weighted by Gasteiger charge is -2.23. The number of fused-ring (bicyclic) bond motifs is 2. The molecule has 1 aromatic carbocycles. The molecule has 1 atom stereocenters. The van der Waals surface area contributed by atoms with Crippen LogP contribution in [0, 0.1) is 0 Å². The van der Waals surface area contributed by atoms with Gasteiger partial charge in [-0.3, -0.25) is 4.57 Å². The molecule has 4 heterocycles. The lowest BCUT2D eigenvalue weighted by atomic mass is 10.1. The summed E-state index contributed by atoms with van der Waals surface area (Å²) in [6, 6.07) is 5.46. The molecule has 0 radical (unpaired) electrons. The van der Waals surface area contributed by atoms with Crippen molar-refractivity contribution in [1.82, 2.24) is 24.5 Å². The molecule has 10 heteroatoms. The van der Waals surface area contributed by atoms with Crippen molar-refractivity contribution in [3.8, 4) is 17.1 Å². The Hall–Kier alpha value is -3.17. The first kappa shape index (κ1) is 22.6. The normalized spacial score (nSPS) is 16.8. The average molecular weight is 484 g/mol. The Bertz CT molecular complexity index is 1380. The zero-order chi connectivity index (χ0) is 24.0. The SMILES string of the molecule is COc1ccc2[nH]c(-c3nc(Cl)nc4c3ncn4C3CCCCO3)c(C(=O)OC(C)(C)C)c2c1. The molecule has 1 unspecified atom stereocenters. The highest BCUT2D eigenvalue weighted by atomic mass is 35.5. The zero-order valence-corrected chi connectivity index (χ0v) is 20.3. The summed E-state index contributed by atoms with van der Waals surface area (Å²) < 4.78 is 18.9. The predicted molar refractivity (Wildman–Crippen MR) is 128 cm³/mol. The summed E-state index contributed by atoms with van der Waals surface area (Å²) in [7, 11) is 1.58. The minimum atomic E-state index is -0.685. The average Bonchev–Trinajstić information content (AvgIpc) is 3.39. The fourth-order valence-corrected chi connectivity index (χ4v) is 4.40. The van der Waals surface area contributed by atoms with E-state index in [0.717, 1.165) is 24.8 Å². The fourth-order valence-electron chi connectivity index (χ4n) is 4.23. The molecule has 4 aromatic rings. The van der Waals surface area contributed by atoms with E-state index in [1.54, 1.807) is 19.5 Å². The van der Waals surface area contributed by atoms with Crippen molar-refractivity contribution in [2.45, 2.75) is 51.9 Å². The van der Waals surface area contributed by atoms with Crippen LogP contribution in [0.4, 0.5) is 0 Å². The number of carbonyl (C=O) groups is 1. The van der Waals surface area contributed by atoms with Gasteiger partial charge in [-0.2, -0.15) is 4.98 Å². The van der Waals surface area contributed by atoms with E-state index in [2.05, 4.69) is 19.9 Å². The van der Waals surface area contributed by atoms with E-state index in [1.807, 2.05) is 37.5 Å². The molecule has 0 bridgehead atoms. The van der Waals surface area contributed by atoms with Gasteiger partial charge in [0, 0.05) is 17.5 Å². The lowest BCUT2D eigenvalue weighted by molar-refractivity contribution is -0.0298. The monoisotopic (exact) mass is 483 g/mol. The van der Waals surface area contributed by atoms with Crippen molar-refractivity contribution < 1.29 is 19.0 Å². The topological polar surface area (TPSA) is 104 Å². The fraction of sp³-hybridized carbons (Fsp3) is 0.417. The molecule has 3 aromatic heterocycles. The van der Waals surface area contributed by atoms with Gasteiger partial charge in [0.05, 0.1) is 24.7 Å². The third kappa shape index (κ3) is 4.10. The maximum atomic E-state index is 13.4. The van der Waals surface area contributed by atoms with Crippen molar-refractivity contribution in [1.29, 1.82) is 0 Å². The van der Waals surface area contributed by atoms with E-state index in [9.17, 15) is 4.79 Å². The molecule has 1 saturated heterocycles. The highest BCUT2D eigenvalue weighted by Gasteiger charge is 2.29. The van der Waals surface area contributed by atoms with Crippen molar-refractivity contribution >= 4 is 39.6 Å². The van der Waals surface area contributed by atoms with E-state index >= 15 is 0 Å². The quantitative estimate of drug-likeness (QED) is 0.310. The van der Waals surface area contributed by atoms with Crippen molar-refractivity contribution in [3.05, 3.63) is 35.4 Å². The van der Waals surface area contributed by atoms with Crippen LogP contribution in [0.15, 0.2) is 24.5 Å². The minimum absolute atomic E-state index is 0.0476. The number of esters is 1. The highest BCUT2D eigenvalue weighted by molar-refractivity contribution is 6.29. The molecule has 9 nitrogen and oxygen atoms in total. The van der Waals surface area contributed by atoms with Crippen molar-refractivity contribution in [2.75, 3.05) is 13.7 Å². The first-order valence-corrected chi connectivity index (χ1v) is 11.6. The van der Waals surface area contributed by atoms with Crippen molar-refractivity contribution in [2.24, 2.45) is 0 Å². The summed E-state index contributed by atoms with van der Waals surface area (Å²) in [4.78, 5) is 30.2. The zero-order valence-electron chi connectivity index (χ0n) is 19.5. The Kier molecular flexibility index (Phi) is 5.69. The Balaban J connectivity index is 1.74. The molecular formula is C24H26ClN5O4. The second kappa shape index (κ2) is 8.56. The molecule has 5 rings (SSSR count). The Labute approximate surface area is 201 Å². The number of benzene rings is 1. The third-order valence-electron chi connectivity index (χ3n) is 5.71. The van der Waals surface area contributed by atoms with E-state index in [0.29, 0.717) is 45.9 Å². The molecule has 0 amide bonds. The van der Waals surface area contributed by atoms with Gasteiger partial charge in [-0.05, 0) is 69.8 Å². The molecule has 178 valence electrons. The first-order valence-electron chi connectivity index (χ1n) is 11.2. The van der Waals surface area contributed by atoms with E-state index in [4.69, 9.17) is 25.8 Å². The lowest BCUT2D eigenvalue weighted by Crippen LogP contribution is -2.24. The number of H-pyrrole nitrogens is 1. The number of carbonyl (C=O) groups excluding carboxylic acids is 1. The summed E-state index contributed by atoms with van der Waals surface area (Å²) in [5, 5.41) is 0.702. The molecule has 1 aliphatic rings. The predicted octanol–water partition coefficient (Wildman–Crippen LogP) is 5.29. The number of hydrogen-bond acceptors (Lipinski definition) is 7. The largest absolute Gasteiger partial charge is 0.497 e. The molecule has 0 saturated carbocycles.